The first-order valence-corrected chi connectivity index (χ1v) is 4.82. The van der Waals surface area contributed by atoms with Crippen molar-refractivity contribution >= 4 is 11.7 Å². The van der Waals surface area contributed by atoms with Crippen LogP contribution in [0.25, 0.3) is 5.70 Å². The number of hydrogen-bond donors (Lipinski definition) is 1. The molecule has 0 aliphatic rings. The maximum absolute atomic E-state index is 11.1. The second-order valence-corrected chi connectivity index (χ2v) is 3.04. The highest BCUT2D eigenvalue weighted by Gasteiger charge is 2.01. The lowest BCUT2D eigenvalue weighted by Gasteiger charge is -2.01. The number of rotatable bonds is 3. The Morgan fingerprint density at radius 1 is 1.50 bits per heavy atom. The summed E-state index contributed by atoms with van der Waals surface area (Å²) in [4.78, 5) is 11.1. The van der Waals surface area contributed by atoms with E-state index in [1.54, 1.807) is 31.2 Å². The molecule has 0 unspecified atom stereocenters. The molecule has 0 fully saturated rings. The van der Waals surface area contributed by atoms with E-state index in [1.807, 2.05) is 6.07 Å². The van der Waals surface area contributed by atoms with Crippen molar-refractivity contribution in [3.05, 3.63) is 41.5 Å². The Bertz CT molecular complexity index is 441. The molecule has 0 atom stereocenters. The van der Waals surface area contributed by atoms with E-state index < -0.39 is 5.97 Å². The molecule has 0 saturated carbocycles. The summed E-state index contributed by atoms with van der Waals surface area (Å²) < 4.78 is 4.73. The average Bonchev–Trinajstić information content (AvgIpc) is 2.29. The van der Waals surface area contributed by atoms with Crippen molar-refractivity contribution in [3.63, 3.8) is 0 Å². The lowest BCUT2D eigenvalue weighted by molar-refractivity contribution is -0.137. The van der Waals surface area contributed by atoms with Gasteiger partial charge in [0, 0.05) is 11.8 Å². The van der Waals surface area contributed by atoms with Crippen LogP contribution in [0.4, 0.5) is 0 Å². The van der Waals surface area contributed by atoms with Crippen molar-refractivity contribution in [2.45, 2.75) is 6.92 Å². The van der Waals surface area contributed by atoms with Gasteiger partial charge in [0.25, 0.3) is 0 Å². The third-order valence-electron chi connectivity index (χ3n) is 1.91. The summed E-state index contributed by atoms with van der Waals surface area (Å²) in [5.74, 6) is -0.468. The molecular weight excluding hydrogens is 204 g/mol. The highest BCUT2D eigenvalue weighted by molar-refractivity contribution is 5.90. The van der Waals surface area contributed by atoms with E-state index in [9.17, 15) is 4.79 Å². The van der Waals surface area contributed by atoms with Crippen LogP contribution in [-0.4, -0.2) is 12.6 Å². The minimum atomic E-state index is -0.468. The Morgan fingerprint density at radius 2 is 2.12 bits per heavy atom. The zero-order chi connectivity index (χ0) is 12.0. The Morgan fingerprint density at radius 3 is 2.62 bits per heavy atom. The molecular formula is C12H12N2O2. The standard InChI is InChI=1S/C12H12N2O2/c1-2-16-12(15)7-11(14)10-5-3-9(8-13)4-6-10/h3-7H,2,14H2,1H3/b11-7-. The van der Waals surface area contributed by atoms with Gasteiger partial charge in [-0.3, -0.25) is 0 Å². The fourth-order valence-electron chi connectivity index (χ4n) is 1.13. The Kier molecular flexibility index (Phi) is 4.10. The van der Waals surface area contributed by atoms with Gasteiger partial charge in [-0.25, -0.2) is 4.79 Å². The molecule has 0 aliphatic carbocycles. The van der Waals surface area contributed by atoms with Crippen LogP contribution in [0.3, 0.4) is 0 Å². The molecule has 1 rings (SSSR count). The van der Waals surface area contributed by atoms with Gasteiger partial charge in [-0.15, -0.1) is 0 Å². The third-order valence-corrected chi connectivity index (χ3v) is 1.91. The van der Waals surface area contributed by atoms with Gasteiger partial charge in [0.1, 0.15) is 0 Å². The molecule has 0 bridgehead atoms. The molecule has 16 heavy (non-hydrogen) atoms. The van der Waals surface area contributed by atoms with E-state index in [4.69, 9.17) is 15.7 Å². The van der Waals surface area contributed by atoms with Crippen molar-refractivity contribution in [2.24, 2.45) is 5.73 Å². The Balaban J connectivity index is 2.84. The molecule has 1 aromatic carbocycles. The fourth-order valence-corrected chi connectivity index (χ4v) is 1.13. The highest BCUT2D eigenvalue weighted by atomic mass is 16.5. The molecule has 0 aliphatic heterocycles. The number of nitrogens with zero attached hydrogens (tertiary/aromatic N) is 1. The Hall–Kier alpha value is -2.28. The molecule has 4 heteroatoms. The van der Waals surface area contributed by atoms with Crippen LogP contribution in [0.2, 0.25) is 0 Å². The second-order valence-electron chi connectivity index (χ2n) is 3.04. The SMILES string of the molecule is CCOC(=O)/C=C(\N)c1ccc(C#N)cc1. The van der Waals surface area contributed by atoms with E-state index in [0.717, 1.165) is 0 Å². The number of hydrogen-bond acceptors (Lipinski definition) is 4. The van der Waals surface area contributed by atoms with Crippen molar-refractivity contribution < 1.29 is 9.53 Å². The van der Waals surface area contributed by atoms with Crippen LogP contribution in [0, 0.1) is 11.3 Å². The summed E-state index contributed by atoms with van der Waals surface area (Å²) in [6, 6.07) is 8.65. The lowest BCUT2D eigenvalue weighted by atomic mass is 10.1. The molecule has 0 radical (unpaired) electrons. The normalized spacial score (nSPS) is 10.6. The van der Waals surface area contributed by atoms with Crippen LogP contribution in [-0.2, 0) is 9.53 Å². The second kappa shape index (κ2) is 5.56. The predicted molar refractivity (Wildman–Crippen MR) is 60.0 cm³/mol. The Labute approximate surface area is 93.9 Å². The number of nitrogens with two attached hydrogens (primary N) is 1. The number of ether oxygens (including phenoxy) is 1. The van der Waals surface area contributed by atoms with Crippen molar-refractivity contribution in [2.75, 3.05) is 6.61 Å². The summed E-state index contributed by atoms with van der Waals surface area (Å²) in [6.07, 6.45) is 1.23. The van der Waals surface area contributed by atoms with E-state index in [0.29, 0.717) is 23.4 Å². The third kappa shape index (κ3) is 3.14. The van der Waals surface area contributed by atoms with Crippen molar-refractivity contribution in [3.8, 4) is 6.07 Å². The quantitative estimate of drug-likeness (QED) is 0.612. The molecule has 2 N–H and O–H groups in total. The summed E-state index contributed by atoms with van der Waals surface area (Å²) >= 11 is 0. The highest BCUT2D eigenvalue weighted by Crippen LogP contribution is 2.10. The zero-order valence-electron chi connectivity index (χ0n) is 8.93. The molecule has 0 aromatic heterocycles. The lowest BCUT2D eigenvalue weighted by Crippen LogP contribution is -2.05. The predicted octanol–water partition coefficient (Wildman–Crippen LogP) is 1.42. The number of esters is 1. The minimum absolute atomic E-state index is 0.315. The summed E-state index contributed by atoms with van der Waals surface area (Å²) in [5, 5.41) is 8.61. The number of benzene rings is 1. The molecule has 4 nitrogen and oxygen atoms in total. The molecule has 0 amide bonds. The van der Waals surface area contributed by atoms with Gasteiger partial charge in [-0.1, -0.05) is 12.1 Å². The average molecular weight is 216 g/mol. The molecule has 1 aromatic rings. The summed E-state index contributed by atoms with van der Waals surface area (Å²) in [5.41, 5.74) is 7.25. The largest absolute Gasteiger partial charge is 0.463 e. The van der Waals surface area contributed by atoms with Gasteiger partial charge >= 0.3 is 5.97 Å². The van der Waals surface area contributed by atoms with E-state index in [-0.39, 0.29) is 0 Å². The first-order valence-electron chi connectivity index (χ1n) is 4.82. The number of carbonyl (C=O) groups is 1. The van der Waals surface area contributed by atoms with Crippen LogP contribution >= 0.6 is 0 Å². The van der Waals surface area contributed by atoms with Gasteiger partial charge < -0.3 is 10.5 Å². The van der Waals surface area contributed by atoms with Crippen LogP contribution in [0.1, 0.15) is 18.1 Å². The van der Waals surface area contributed by atoms with Gasteiger partial charge in [0.2, 0.25) is 0 Å². The maximum Gasteiger partial charge on any atom is 0.332 e. The first kappa shape index (κ1) is 11.8. The van der Waals surface area contributed by atoms with E-state index in [1.165, 1.54) is 6.08 Å². The zero-order valence-corrected chi connectivity index (χ0v) is 8.93. The first-order chi connectivity index (χ1) is 7.67. The van der Waals surface area contributed by atoms with Gasteiger partial charge in [0.05, 0.1) is 18.2 Å². The molecule has 82 valence electrons. The van der Waals surface area contributed by atoms with Crippen molar-refractivity contribution in [1.82, 2.24) is 0 Å². The fraction of sp³-hybridized carbons (Fsp3) is 0.167. The van der Waals surface area contributed by atoms with Gasteiger partial charge in [-0.2, -0.15) is 5.26 Å². The maximum atomic E-state index is 11.1. The minimum Gasteiger partial charge on any atom is -0.463 e. The van der Waals surface area contributed by atoms with E-state index >= 15 is 0 Å². The summed E-state index contributed by atoms with van der Waals surface area (Å²) in [7, 11) is 0. The van der Waals surface area contributed by atoms with Gasteiger partial charge in [-0.05, 0) is 24.6 Å². The van der Waals surface area contributed by atoms with Crippen LogP contribution in [0.15, 0.2) is 30.3 Å². The van der Waals surface area contributed by atoms with Crippen LogP contribution in [0.5, 0.6) is 0 Å². The van der Waals surface area contributed by atoms with Crippen LogP contribution < -0.4 is 5.73 Å². The monoisotopic (exact) mass is 216 g/mol. The van der Waals surface area contributed by atoms with E-state index in [2.05, 4.69) is 0 Å². The summed E-state index contributed by atoms with van der Waals surface area (Å²) in [6.45, 7) is 2.04. The molecule has 0 spiro atoms. The molecule has 0 heterocycles. The van der Waals surface area contributed by atoms with Gasteiger partial charge in [0.15, 0.2) is 0 Å². The van der Waals surface area contributed by atoms with Crippen molar-refractivity contribution in [1.29, 1.82) is 5.26 Å². The molecule has 0 saturated heterocycles. The smallest absolute Gasteiger partial charge is 0.332 e. The number of carbonyl (C=O) groups excluding carboxylic acids is 1. The number of nitriles is 1. The topological polar surface area (TPSA) is 76.1 Å².